The molecule has 1 aliphatic rings. The molecular weight excluding hydrogens is 362 g/mol. The molecule has 1 aromatic heterocycles. The van der Waals surface area contributed by atoms with E-state index in [9.17, 15) is 4.79 Å². The van der Waals surface area contributed by atoms with Crippen LogP contribution in [0.5, 0.6) is 0 Å². The van der Waals surface area contributed by atoms with Crippen LogP contribution in [0.25, 0.3) is 0 Å². The lowest BCUT2D eigenvalue weighted by Gasteiger charge is -2.36. The standard InChI is InChI=1S/C23H25N5O/c1-17-8-9-20(14-18(17)2)26-23-24-15-19(16-25-23)22(29)28-12-10-27(11-13-28)21-6-4-3-5-7-21/h3-9,14-16H,10-13H2,1-2H3,(H,24,25,26). The van der Waals surface area contributed by atoms with Gasteiger partial charge in [0.1, 0.15) is 0 Å². The molecule has 0 bridgehead atoms. The molecule has 6 nitrogen and oxygen atoms in total. The van der Waals surface area contributed by atoms with Crippen molar-refractivity contribution in [2.24, 2.45) is 0 Å². The third-order valence-electron chi connectivity index (χ3n) is 5.35. The highest BCUT2D eigenvalue weighted by atomic mass is 16.2. The molecule has 4 rings (SSSR count). The monoisotopic (exact) mass is 387 g/mol. The molecule has 0 radical (unpaired) electrons. The number of nitrogens with zero attached hydrogens (tertiary/aromatic N) is 4. The molecule has 1 aliphatic heterocycles. The van der Waals surface area contributed by atoms with Crippen LogP contribution in [0.1, 0.15) is 21.5 Å². The van der Waals surface area contributed by atoms with Gasteiger partial charge >= 0.3 is 0 Å². The summed E-state index contributed by atoms with van der Waals surface area (Å²) < 4.78 is 0. The van der Waals surface area contributed by atoms with E-state index in [2.05, 4.69) is 58.3 Å². The molecule has 29 heavy (non-hydrogen) atoms. The van der Waals surface area contributed by atoms with Crippen LogP contribution in [-0.4, -0.2) is 47.0 Å². The van der Waals surface area contributed by atoms with Gasteiger partial charge in [-0.1, -0.05) is 24.3 Å². The van der Waals surface area contributed by atoms with Crippen molar-refractivity contribution < 1.29 is 4.79 Å². The predicted molar refractivity (Wildman–Crippen MR) is 116 cm³/mol. The maximum absolute atomic E-state index is 12.8. The molecule has 148 valence electrons. The zero-order valence-electron chi connectivity index (χ0n) is 16.8. The summed E-state index contributed by atoms with van der Waals surface area (Å²) in [5.74, 6) is 0.467. The Balaban J connectivity index is 1.36. The fourth-order valence-corrected chi connectivity index (χ4v) is 3.44. The van der Waals surface area contributed by atoms with E-state index >= 15 is 0 Å². The first kappa shape index (κ1) is 18.9. The van der Waals surface area contributed by atoms with Crippen molar-refractivity contribution in [2.45, 2.75) is 13.8 Å². The van der Waals surface area contributed by atoms with E-state index in [1.165, 1.54) is 16.8 Å². The van der Waals surface area contributed by atoms with E-state index in [4.69, 9.17) is 0 Å². The summed E-state index contributed by atoms with van der Waals surface area (Å²) in [5.41, 5.74) is 5.10. The fraction of sp³-hybridized carbons (Fsp3) is 0.261. The summed E-state index contributed by atoms with van der Waals surface area (Å²) in [6.45, 7) is 7.18. The predicted octanol–water partition coefficient (Wildman–Crippen LogP) is 3.80. The molecule has 1 saturated heterocycles. The van der Waals surface area contributed by atoms with Crippen LogP contribution in [0.3, 0.4) is 0 Å². The first-order chi connectivity index (χ1) is 14.1. The second-order valence-electron chi connectivity index (χ2n) is 7.33. The van der Waals surface area contributed by atoms with Crippen LogP contribution in [0.4, 0.5) is 17.3 Å². The second-order valence-corrected chi connectivity index (χ2v) is 7.33. The molecule has 0 unspecified atom stereocenters. The van der Waals surface area contributed by atoms with Crippen molar-refractivity contribution in [1.82, 2.24) is 14.9 Å². The Kier molecular flexibility index (Phi) is 5.42. The highest BCUT2D eigenvalue weighted by Crippen LogP contribution is 2.19. The quantitative estimate of drug-likeness (QED) is 0.738. The van der Waals surface area contributed by atoms with Crippen molar-refractivity contribution in [2.75, 3.05) is 36.4 Å². The van der Waals surface area contributed by atoms with Gasteiger partial charge in [0.05, 0.1) is 5.56 Å². The molecule has 0 spiro atoms. The van der Waals surface area contributed by atoms with Crippen molar-refractivity contribution in [3.8, 4) is 0 Å². The Labute approximate surface area is 171 Å². The average molecular weight is 387 g/mol. The third kappa shape index (κ3) is 4.37. The number of amides is 1. The van der Waals surface area contributed by atoms with Gasteiger partial charge in [-0.2, -0.15) is 0 Å². The largest absolute Gasteiger partial charge is 0.368 e. The molecule has 2 aromatic carbocycles. The van der Waals surface area contributed by atoms with Crippen molar-refractivity contribution >= 4 is 23.2 Å². The lowest BCUT2D eigenvalue weighted by Crippen LogP contribution is -2.48. The molecule has 0 atom stereocenters. The molecule has 0 saturated carbocycles. The van der Waals surface area contributed by atoms with Gasteiger partial charge in [0.25, 0.3) is 5.91 Å². The Hall–Kier alpha value is -3.41. The van der Waals surface area contributed by atoms with Gasteiger partial charge in [-0.15, -0.1) is 0 Å². The molecular formula is C23H25N5O. The number of carbonyl (C=O) groups is 1. The first-order valence-corrected chi connectivity index (χ1v) is 9.86. The average Bonchev–Trinajstić information content (AvgIpc) is 2.77. The van der Waals surface area contributed by atoms with E-state index in [0.717, 1.165) is 18.8 Å². The molecule has 1 N–H and O–H groups in total. The number of piperazine rings is 1. The minimum Gasteiger partial charge on any atom is -0.368 e. The summed E-state index contributed by atoms with van der Waals surface area (Å²) in [5, 5.41) is 3.19. The van der Waals surface area contributed by atoms with Crippen molar-refractivity contribution in [3.63, 3.8) is 0 Å². The fourth-order valence-electron chi connectivity index (χ4n) is 3.44. The van der Waals surface area contributed by atoms with E-state index < -0.39 is 0 Å². The number of nitrogens with one attached hydrogen (secondary N) is 1. The van der Waals surface area contributed by atoms with Crippen LogP contribution in [0, 0.1) is 13.8 Å². The number of aromatic nitrogens is 2. The van der Waals surface area contributed by atoms with Crippen molar-refractivity contribution in [1.29, 1.82) is 0 Å². The van der Waals surface area contributed by atoms with Crippen LogP contribution < -0.4 is 10.2 Å². The normalized spacial score (nSPS) is 14.0. The van der Waals surface area contributed by atoms with E-state index in [0.29, 0.717) is 24.6 Å². The molecule has 6 heteroatoms. The lowest BCUT2D eigenvalue weighted by molar-refractivity contribution is 0.0746. The number of para-hydroxylation sites is 1. The van der Waals surface area contributed by atoms with E-state index in [1.807, 2.05) is 29.2 Å². The van der Waals surface area contributed by atoms with Crippen LogP contribution in [0.15, 0.2) is 60.9 Å². The van der Waals surface area contributed by atoms with Gasteiger partial charge in [0.15, 0.2) is 0 Å². The highest BCUT2D eigenvalue weighted by Gasteiger charge is 2.22. The molecule has 1 amide bonds. The van der Waals surface area contributed by atoms with Gasteiger partial charge in [-0.3, -0.25) is 4.79 Å². The minimum atomic E-state index is -0.0181. The highest BCUT2D eigenvalue weighted by molar-refractivity contribution is 5.94. The third-order valence-corrected chi connectivity index (χ3v) is 5.35. The smallest absolute Gasteiger partial charge is 0.257 e. The number of anilines is 3. The maximum atomic E-state index is 12.8. The van der Waals surface area contributed by atoms with Gasteiger partial charge < -0.3 is 15.1 Å². The van der Waals surface area contributed by atoms with Crippen LogP contribution in [-0.2, 0) is 0 Å². The number of hydrogen-bond acceptors (Lipinski definition) is 5. The van der Waals surface area contributed by atoms with Gasteiger partial charge in [-0.05, 0) is 49.2 Å². The van der Waals surface area contributed by atoms with Crippen LogP contribution >= 0.6 is 0 Å². The van der Waals surface area contributed by atoms with Crippen molar-refractivity contribution in [3.05, 3.63) is 77.6 Å². The summed E-state index contributed by atoms with van der Waals surface area (Å²) in [4.78, 5) is 25.6. The number of aryl methyl sites for hydroxylation is 2. The second kappa shape index (κ2) is 8.31. The Morgan fingerprint density at radius 1 is 0.897 bits per heavy atom. The Bertz CT molecular complexity index is 980. The Morgan fingerprint density at radius 3 is 2.24 bits per heavy atom. The SMILES string of the molecule is Cc1ccc(Nc2ncc(C(=O)N3CCN(c4ccccc4)CC3)cn2)cc1C. The number of hydrogen-bond donors (Lipinski definition) is 1. The van der Waals surface area contributed by atoms with E-state index in [-0.39, 0.29) is 5.91 Å². The minimum absolute atomic E-state index is 0.0181. The van der Waals surface area contributed by atoms with Gasteiger partial charge in [0.2, 0.25) is 5.95 Å². The number of benzene rings is 2. The van der Waals surface area contributed by atoms with Gasteiger partial charge in [-0.25, -0.2) is 9.97 Å². The summed E-state index contributed by atoms with van der Waals surface area (Å²) >= 11 is 0. The zero-order chi connectivity index (χ0) is 20.2. The summed E-state index contributed by atoms with van der Waals surface area (Å²) in [6, 6.07) is 16.4. The number of carbonyl (C=O) groups excluding carboxylic acids is 1. The molecule has 3 aromatic rings. The van der Waals surface area contributed by atoms with Crippen LogP contribution in [0.2, 0.25) is 0 Å². The number of rotatable bonds is 4. The topological polar surface area (TPSA) is 61.4 Å². The molecule has 2 heterocycles. The zero-order valence-corrected chi connectivity index (χ0v) is 16.8. The van der Waals surface area contributed by atoms with E-state index in [1.54, 1.807) is 12.4 Å². The van der Waals surface area contributed by atoms with Gasteiger partial charge in [0, 0.05) is 49.9 Å². The molecule has 1 fully saturated rings. The first-order valence-electron chi connectivity index (χ1n) is 9.86. The maximum Gasteiger partial charge on any atom is 0.257 e. The lowest BCUT2D eigenvalue weighted by atomic mass is 10.1. The summed E-state index contributed by atoms with van der Waals surface area (Å²) in [7, 11) is 0. The summed E-state index contributed by atoms with van der Waals surface area (Å²) in [6.07, 6.45) is 3.20. The molecule has 0 aliphatic carbocycles. The Morgan fingerprint density at radius 2 is 1.59 bits per heavy atom.